The molecule has 200 valence electrons. The van der Waals surface area contributed by atoms with Gasteiger partial charge in [0.25, 0.3) is 0 Å². The third kappa shape index (κ3) is 4.41. The zero-order valence-corrected chi connectivity index (χ0v) is 21.2. The molecule has 4 aliphatic carbocycles. The van der Waals surface area contributed by atoms with Gasteiger partial charge in [-0.15, -0.1) is 0 Å². The van der Waals surface area contributed by atoms with E-state index in [0.29, 0.717) is 29.6 Å². The fourth-order valence-corrected chi connectivity index (χ4v) is 8.83. The van der Waals surface area contributed by atoms with Crippen molar-refractivity contribution in [2.75, 3.05) is 19.8 Å². The average Bonchev–Trinajstić information content (AvgIpc) is 3.18. The lowest BCUT2D eigenvalue weighted by atomic mass is 9.45. The Kier molecular flexibility index (Phi) is 7.38. The van der Waals surface area contributed by atoms with Gasteiger partial charge in [0.05, 0.1) is 25.9 Å². The number of rotatable bonds is 6. The molecule has 0 amide bonds. The molecule has 4 saturated carbocycles. The minimum Gasteiger partial charge on any atom is -0.394 e. The summed E-state index contributed by atoms with van der Waals surface area (Å²) in [7, 11) is 0. The molecule has 8 nitrogen and oxygen atoms in total. The zero-order chi connectivity index (χ0) is 25.0. The van der Waals surface area contributed by atoms with E-state index in [0.717, 1.165) is 43.9 Å². The number of Topliss-reactive ketones (excluding diaryl/α,β-unsaturated/α-hetero) is 1. The highest BCUT2D eigenvalue weighted by molar-refractivity contribution is 5.79. The lowest BCUT2D eigenvalue weighted by Gasteiger charge is -2.60. The predicted octanol–water partition coefficient (Wildman–Crippen LogP) is 1.80. The quantitative estimate of drug-likeness (QED) is 0.410. The summed E-state index contributed by atoms with van der Waals surface area (Å²) in [5.41, 5.74) is 0.467. The number of ether oxygens (including phenoxy) is 3. The molecule has 1 heterocycles. The maximum Gasteiger partial charge on any atom is 0.186 e. The molecule has 35 heavy (non-hydrogen) atoms. The van der Waals surface area contributed by atoms with Gasteiger partial charge in [0.2, 0.25) is 0 Å². The van der Waals surface area contributed by atoms with Crippen LogP contribution < -0.4 is 0 Å². The second kappa shape index (κ2) is 9.93. The molecule has 0 aromatic heterocycles. The van der Waals surface area contributed by atoms with Gasteiger partial charge in [-0.2, -0.15) is 0 Å². The number of hydrogen-bond acceptors (Lipinski definition) is 8. The Labute approximate surface area is 208 Å². The van der Waals surface area contributed by atoms with Crippen molar-refractivity contribution < 1.29 is 39.4 Å². The minimum atomic E-state index is -1.43. The molecule has 12 atom stereocenters. The monoisotopic (exact) mass is 496 g/mol. The fourth-order valence-electron chi connectivity index (χ4n) is 8.83. The number of fused-ring (bicyclic) bond motifs is 5. The van der Waals surface area contributed by atoms with Crippen molar-refractivity contribution in [3.8, 4) is 0 Å². The molecule has 5 fully saturated rings. The van der Waals surface area contributed by atoms with E-state index in [1.165, 1.54) is 25.7 Å². The van der Waals surface area contributed by atoms with Gasteiger partial charge in [0, 0.05) is 12.8 Å². The van der Waals surface area contributed by atoms with Crippen molar-refractivity contribution in [2.24, 2.45) is 34.5 Å². The summed E-state index contributed by atoms with van der Waals surface area (Å²) in [5, 5.41) is 39.3. The zero-order valence-electron chi connectivity index (χ0n) is 21.2. The predicted molar refractivity (Wildman–Crippen MR) is 126 cm³/mol. The van der Waals surface area contributed by atoms with Crippen LogP contribution in [0.25, 0.3) is 0 Å². The van der Waals surface area contributed by atoms with Crippen molar-refractivity contribution in [1.82, 2.24) is 0 Å². The summed E-state index contributed by atoms with van der Waals surface area (Å²) in [5.74, 6) is 3.14. The Morgan fingerprint density at radius 3 is 2.40 bits per heavy atom. The number of carbonyl (C=O) groups excluding carboxylic acids is 1. The number of aliphatic hydroxyl groups is 4. The third-order valence-electron chi connectivity index (χ3n) is 10.9. The van der Waals surface area contributed by atoms with E-state index >= 15 is 0 Å². The van der Waals surface area contributed by atoms with Crippen LogP contribution in [0.2, 0.25) is 0 Å². The standard InChI is InChI=1S/C27H44O8/c1-26-9-7-16(29)13-15(26)3-4-17-18-5-6-21(27(18,2)10-8-19(17)26)33-11-12-34-25-24(32)23(31)22(30)20(14-28)35-25/h15,17-25,28,30-32H,3-14H2,1-2H3/t15-,17-,18-,19-,20+,21-,22+,23-,24+,25+,26-,27-/m0/s1. The smallest absolute Gasteiger partial charge is 0.186 e. The lowest BCUT2D eigenvalue weighted by molar-refractivity contribution is -0.303. The van der Waals surface area contributed by atoms with E-state index in [9.17, 15) is 25.2 Å². The molecule has 1 aliphatic heterocycles. The maximum absolute atomic E-state index is 12.1. The van der Waals surface area contributed by atoms with E-state index in [4.69, 9.17) is 14.2 Å². The van der Waals surface area contributed by atoms with Gasteiger partial charge >= 0.3 is 0 Å². The fraction of sp³-hybridized carbons (Fsp3) is 0.963. The molecule has 0 radical (unpaired) electrons. The van der Waals surface area contributed by atoms with E-state index in [1.54, 1.807) is 0 Å². The SMILES string of the molecule is C[C@]12CCC(=O)C[C@@H]1CC[C@@H]1[C@@H]2CC[C@]2(C)[C@@H](OCCO[C@@H]3O[C@H](CO)[C@@H](O)[C@H](O)[C@H]3O)CC[C@@H]12. The normalized spacial score (nSPS) is 52.0. The highest BCUT2D eigenvalue weighted by Gasteiger charge is 2.60. The Morgan fingerprint density at radius 2 is 1.63 bits per heavy atom. The van der Waals surface area contributed by atoms with Crippen LogP contribution in [-0.2, 0) is 19.0 Å². The van der Waals surface area contributed by atoms with Gasteiger partial charge in [-0.25, -0.2) is 0 Å². The first-order valence-corrected chi connectivity index (χ1v) is 13.7. The molecule has 1 saturated heterocycles. The summed E-state index contributed by atoms with van der Waals surface area (Å²) < 4.78 is 17.4. The van der Waals surface area contributed by atoms with Crippen LogP contribution >= 0.6 is 0 Å². The van der Waals surface area contributed by atoms with Crippen LogP contribution in [0.3, 0.4) is 0 Å². The van der Waals surface area contributed by atoms with E-state index in [-0.39, 0.29) is 18.1 Å². The minimum absolute atomic E-state index is 0.151. The molecule has 5 aliphatic rings. The van der Waals surface area contributed by atoms with Crippen molar-refractivity contribution in [3.05, 3.63) is 0 Å². The Balaban J connectivity index is 1.15. The van der Waals surface area contributed by atoms with Crippen LogP contribution in [0.1, 0.15) is 71.6 Å². The molecule has 4 N–H and O–H groups in total. The van der Waals surface area contributed by atoms with Gasteiger partial charge in [-0.05, 0) is 79.4 Å². The van der Waals surface area contributed by atoms with Gasteiger partial charge in [-0.3, -0.25) is 4.79 Å². The van der Waals surface area contributed by atoms with E-state index < -0.39 is 37.3 Å². The highest BCUT2D eigenvalue weighted by atomic mass is 16.7. The lowest BCUT2D eigenvalue weighted by Crippen LogP contribution is -2.59. The second-order valence-corrected chi connectivity index (χ2v) is 12.4. The van der Waals surface area contributed by atoms with Gasteiger partial charge in [-0.1, -0.05) is 13.8 Å². The Hall–Kier alpha value is -0.610. The number of ketones is 1. The second-order valence-electron chi connectivity index (χ2n) is 12.4. The topological polar surface area (TPSA) is 126 Å². The molecule has 0 bridgehead atoms. The molecule has 0 aromatic rings. The number of hydrogen-bond donors (Lipinski definition) is 4. The van der Waals surface area contributed by atoms with Gasteiger partial charge in [0.15, 0.2) is 6.29 Å². The third-order valence-corrected chi connectivity index (χ3v) is 10.9. The van der Waals surface area contributed by atoms with E-state index in [2.05, 4.69) is 13.8 Å². The van der Waals surface area contributed by atoms with Crippen molar-refractivity contribution >= 4 is 5.78 Å². The first-order chi connectivity index (χ1) is 16.7. The molecule has 0 aromatic carbocycles. The van der Waals surface area contributed by atoms with Crippen LogP contribution in [0.5, 0.6) is 0 Å². The largest absolute Gasteiger partial charge is 0.394 e. The van der Waals surface area contributed by atoms with Gasteiger partial charge in [0.1, 0.15) is 30.2 Å². The maximum atomic E-state index is 12.1. The van der Waals surface area contributed by atoms with Crippen LogP contribution in [0, 0.1) is 34.5 Å². The van der Waals surface area contributed by atoms with Gasteiger partial charge < -0.3 is 34.6 Å². The van der Waals surface area contributed by atoms with Crippen LogP contribution in [0.4, 0.5) is 0 Å². The molecule has 8 heteroatoms. The van der Waals surface area contributed by atoms with Crippen LogP contribution in [0.15, 0.2) is 0 Å². The molecule has 5 rings (SSSR count). The highest BCUT2D eigenvalue weighted by Crippen LogP contribution is 2.66. The summed E-state index contributed by atoms with van der Waals surface area (Å²) >= 11 is 0. The summed E-state index contributed by atoms with van der Waals surface area (Å²) in [6, 6.07) is 0. The van der Waals surface area contributed by atoms with Crippen molar-refractivity contribution in [3.63, 3.8) is 0 Å². The molecular weight excluding hydrogens is 452 g/mol. The molecule has 0 spiro atoms. The Morgan fingerprint density at radius 1 is 0.886 bits per heavy atom. The Bertz CT molecular complexity index is 774. The van der Waals surface area contributed by atoms with Crippen LogP contribution in [-0.4, -0.2) is 82.8 Å². The van der Waals surface area contributed by atoms with Crippen molar-refractivity contribution in [2.45, 2.75) is 108 Å². The summed E-state index contributed by atoms with van der Waals surface area (Å²) in [6.07, 6.45) is 3.55. The number of carbonyl (C=O) groups is 1. The average molecular weight is 497 g/mol. The molecular formula is C27H44O8. The summed E-state index contributed by atoms with van der Waals surface area (Å²) in [6.45, 7) is 4.96. The molecule has 0 unspecified atom stereocenters. The van der Waals surface area contributed by atoms with E-state index in [1.807, 2.05) is 0 Å². The van der Waals surface area contributed by atoms with Crippen molar-refractivity contribution in [1.29, 1.82) is 0 Å². The number of aliphatic hydroxyl groups excluding tert-OH is 4. The summed E-state index contributed by atoms with van der Waals surface area (Å²) in [4.78, 5) is 12.1. The first kappa shape index (κ1) is 26.0. The first-order valence-electron chi connectivity index (χ1n) is 13.7.